The van der Waals surface area contributed by atoms with E-state index in [4.69, 9.17) is 11.6 Å². The van der Waals surface area contributed by atoms with E-state index in [0.717, 1.165) is 6.42 Å². The summed E-state index contributed by atoms with van der Waals surface area (Å²) in [7, 11) is 0. The van der Waals surface area contributed by atoms with Crippen LogP contribution in [0, 0.1) is 5.82 Å². The number of benzene rings is 1. The van der Waals surface area contributed by atoms with Crippen molar-refractivity contribution in [3.63, 3.8) is 0 Å². The van der Waals surface area contributed by atoms with Gasteiger partial charge in [0, 0.05) is 23.4 Å². The molecule has 0 spiro atoms. The van der Waals surface area contributed by atoms with Crippen LogP contribution < -0.4 is 0 Å². The Morgan fingerprint density at radius 1 is 1.47 bits per heavy atom. The summed E-state index contributed by atoms with van der Waals surface area (Å²) >= 11 is 8.79. The molecular weight excluding hydrogens is 308 g/mol. The van der Waals surface area contributed by atoms with Gasteiger partial charge in [0.05, 0.1) is 5.56 Å². The summed E-state index contributed by atoms with van der Waals surface area (Å²) < 4.78 is 14.2. The molecule has 5 heteroatoms. The maximum absolute atomic E-state index is 13.6. The van der Waals surface area contributed by atoms with Crippen LogP contribution >= 0.6 is 27.5 Å². The average molecular weight is 323 g/mol. The second kappa shape index (κ2) is 6.97. The predicted molar refractivity (Wildman–Crippen MR) is 71.0 cm³/mol. The lowest BCUT2D eigenvalue weighted by Gasteiger charge is -2.21. The van der Waals surface area contributed by atoms with Crippen molar-refractivity contribution >= 4 is 33.4 Å². The Kier molecular flexibility index (Phi) is 5.92. The highest BCUT2D eigenvalue weighted by atomic mass is 79.9. The van der Waals surface area contributed by atoms with E-state index in [1.807, 2.05) is 6.92 Å². The van der Waals surface area contributed by atoms with E-state index in [1.165, 1.54) is 12.1 Å². The van der Waals surface area contributed by atoms with Crippen LogP contribution in [0.25, 0.3) is 0 Å². The molecule has 1 rings (SSSR count). The smallest absolute Gasteiger partial charge is 0.256 e. The number of carbonyl (C=O) groups is 1. The van der Waals surface area contributed by atoms with Gasteiger partial charge in [-0.25, -0.2) is 4.39 Å². The SMILES string of the molecule is CCCN(CCCl)C(=O)c1ccc(Br)cc1F. The van der Waals surface area contributed by atoms with Crippen molar-refractivity contribution in [3.05, 3.63) is 34.1 Å². The van der Waals surface area contributed by atoms with Crippen LogP contribution in [-0.4, -0.2) is 29.8 Å². The van der Waals surface area contributed by atoms with E-state index >= 15 is 0 Å². The minimum absolute atomic E-state index is 0.0896. The van der Waals surface area contributed by atoms with Crippen LogP contribution in [-0.2, 0) is 0 Å². The molecule has 1 aromatic rings. The van der Waals surface area contributed by atoms with E-state index in [9.17, 15) is 9.18 Å². The third kappa shape index (κ3) is 3.96. The van der Waals surface area contributed by atoms with E-state index in [-0.39, 0.29) is 11.5 Å². The largest absolute Gasteiger partial charge is 0.337 e. The van der Waals surface area contributed by atoms with E-state index in [0.29, 0.717) is 23.4 Å². The fourth-order valence-electron chi connectivity index (χ4n) is 1.52. The summed E-state index contributed by atoms with van der Waals surface area (Å²) in [6.45, 7) is 2.98. The van der Waals surface area contributed by atoms with Crippen LogP contribution in [0.2, 0.25) is 0 Å². The van der Waals surface area contributed by atoms with Crippen molar-refractivity contribution in [2.75, 3.05) is 19.0 Å². The molecule has 1 amide bonds. The highest BCUT2D eigenvalue weighted by molar-refractivity contribution is 9.10. The van der Waals surface area contributed by atoms with Crippen molar-refractivity contribution in [2.45, 2.75) is 13.3 Å². The van der Waals surface area contributed by atoms with Crippen LogP contribution in [0.15, 0.2) is 22.7 Å². The molecule has 1 aromatic carbocycles. The van der Waals surface area contributed by atoms with Crippen molar-refractivity contribution < 1.29 is 9.18 Å². The number of rotatable bonds is 5. The normalized spacial score (nSPS) is 10.4. The average Bonchev–Trinajstić information content (AvgIpc) is 2.28. The zero-order valence-corrected chi connectivity index (χ0v) is 11.9. The lowest BCUT2D eigenvalue weighted by atomic mass is 10.2. The molecule has 17 heavy (non-hydrogen) atoms. The maximum atomic E-state index is 13.6. The number of halogens is 3. The minimum Gasteiger partial charge on any atom is -0.337 e. The van der Waals surface area contributed by atoms with Gasteiger partial charge in [-0.1, -0.05) is 22.9 Å². The van der Waals surface area contributed by atoms with Gasteiger partial charge in [0.15, 0.2) is 0 Å². The Balaban J connectivity index is 2.92. The quantitative estimate of drug-likeness (QED) is 0.757. The number of carbonyl (C=O) groups excluding carboxylic acids is 1. The second-order valence-corrected chi connectivity index (χ2v) is 4.90. The fourth-order valence-corrected chi connectivity index (χ4v) is 2.06. The molecule has 0 heterocycles. The number of hydrogen-bond donors (Lipinski definition) is 0. The van der Waals surface area contributed by atoms with Gasteiger partial charge >= 0.3 is 0 Å². The van der Waals surface area contributed by atoms with Crippen LogP contribution in [0.1, 0.15) is 23.7 Å². The Labute approximate surface area is 114 Å². The van der Waals surface area contributed by atoms with Gasteiger partial charge in [0.2, 0.25) is 0 Å². The first kappa shape index (κ1) is 14.5. The van der Waals surface area contributed by atoms with Crippen molar-refractivity contribution in [3.8, 4) is 0 Å². The molecule has 0 aromatic heterocycles. The summed E-state index contributed by atoms with van der Waals surface area (Å²) in [6, 6.07) is 4.43. The van der Waals surface area contributed by atoms with Crippen molar-refractivity contribution in [1.82, 2.24) is 4.90 Å². The van der Waals surface area contributed by atoms with Gasteiger partial charge in [-0.05, 0) is 24.6 Å². The van der Waals surface area contributed by atoms with Gasteiger partial charge in [-0.15, -0.1) is 11.6 Å². The molecule has 94 valence electrons. The molecule has 0 saturated heterocycles. The van der Waals surface area contributed by atoms with Crippen LogP contribution in [0.3, 0.4) is 0 Å². The molecule has 0 bridgehead atoms. The summed E-state index contributed by atoms with van der Waals surface area (Å²) in [5.74, 6) is -0.471. The number of amides is 1. The number of nitrogens with zero attached hydrogens (tertiary/aromatic N) is 1. The summed E-state index contributed by atoms with van der Waals surface area (Å²) in [4.78, 5) is 13.6. The van der Waals surface area contributed by atoms with Gasteiger partial charge in [0.1, 0.15) is 5.82 Å². The topological polar surface area (TPSA) is 20.3 Å². The number of hydrogen-bond acceptors (Lipinski definition) is 1. The van der Waals surface area contributed by atoms with Gasteiger partial charge in [-0.2, -0.15) is 0 Å². The van der Waals surface area contributed by atoms with E-state index < -0.39 is 5.82 Å². The van der Waals surface area contributed by atoms with Crippen molar-refractivity contribution in [2.24, 2.45) is 0 Å². The Bertz CT molecular complexity index is 394. The highest BCUT2D eigenvalue weighted by Gasteiger charge is 2.18. The molecule has 0 radical (unpaired) electrons. The molecule has 0 atom stereocenters. The van der Waals surface area contributed by atoms with Gasteiger partial charge < -0.3 is 4.90 Å². The zero-order chi connectivity index (χ0) is 12.8. The Hall–Kier alpha value is -0.610. The molecule has 0 unspecified atom stereocenters. The Morgan fingerprint density at radius 3 is 2.71 bits per heavy atom. The highest BCUT2D eigenvalue weighted by Crippen LogP contribution is 2.17. The first-order chi connectivity index (χ1) is 8.10. The molecular formula is C12H14BrClFNO. The molecule has 0 fully saturated rings. The standard InChI is InChI=1S/C12H14BrClFNO/c1-2-6-16(7-5-14)12(17)10-4-3-9(13)8-11(10)15/h3-4,8H,2,5-7H2,1H3. The second-order valence-electron chi connectivity index (χ2n) is 3.61. The van der Waals surface area contributed by atoms with Gasteiger partial charge in [0.25, 0.3) is 5.91 Å². The summed E-state index contributed by atoms with van der Waals surface area (Å²) in [5, 5.41) is 0. The molecule has 0 saturated carbocycles. The minimum atomic E-state index is -0.514. The predicted octanol–water partition coefficient (Wildman–Crippen LogP) is 3.68. The van der Waals surface area contributed by atoms with Crippen LogP contribution in [0.4, 0.5) is 4.39 Å². The zero-order valence-electron chi connectivity index (χ0n) is 9.55. The molecule has 0 aliphatic carbocycles. The third-order valence-electron chi connectivity index (χ3n) is 2.30. The van der Waals surface area contributed by atoms with Crippen LogP contribution in [0.5, 0.6) is 0 Å². The monoisotopic (exact) mass is 321 g/mol. The molecule has 0 aliphatic rings. The van der Waals surface area contributed by atoms with Gasteiger partial charge in [-0.3, -0.25) is 4.79 Å². The molecule has 2 nitrogen and oxygen atoms in total. The first-order valence-corrected chi connectivity index (χ1v) is 6.73. The Morgan fingerprint density at radius 2 is 2.18 bits per heavy atom. The van der Waals surface area contributed by atoms with E-state index in [2.05, 4.69) is 15.9 Å². The molecule has 0 aliphatic heterocycles. The molecule has 0 N–H and O–H groups in total. The summed E-state index contributed by atoms with van der Waals surface area (Å²) in [5.41, 5.74) is 0.0896. The number of alkyl halides is 1. The lowest BCUT2D eigenvalue weighted by Crippen LogP contribution is -2.34. The maximum Gasteiger partial charge on any atom is 0.256 e. The fraction of sp³-hybridized carbons (Fsp3) is 0.417. The third-order valence-corrected chi connectivity index (χ3v) is 2.96. The lowest BCUT2D eigenvalue weighted by molar-refractivity contribution is 0.0761. The van der Waals surface area contributed by atoms with Crippen molar-refractivity contribution in [1.29, 1.82) is 0 Å². The first-order valence-electron chi connectivity index (χ1n) is 5.40. The summed E-state index contributed by atoms with van der Waals surface area (Å²) in [6.07, 6.45) is 0.820. The van der Waals surface area contributed by atoms with E-state index in [1.54, 1.807) is 11.0 Å².